The second-order valence-electron chi connectivity index (χ2n) is 11.5. The maximum absolute atomic E-state index is 12.1. The molecule has 1 N–H and O–H groups in total. The van der Waals surface area contributed by atoms with Crippen LogP contribution in [0.2, 0.25) is 0 Å². The van der Waals surface area contributed by atoms with Gasteiger partial charge in [0.25, 0.3) is 0 Å². The number of phenols is 1. The number of unbranched alkanes of at least 4 members (excludes halogenated alkanes) is 2. The van der Waals surface area contributed by atoms with Crippen molar-refractivity contribution >= 4 is 18.0 Å². The molecule has 1 fully saturated rings. The van der Waals surface area contributed by atoms with Gasteiger partial charge >= 0.3 is 11.9 Å². The van der Waals surface area contributed by atoms with Crippen LogP contribution in [-0.2, 0) is 14.3 Å². The molecule has 1 saturated carbocycles. The van der Waals surface area contributed by atoms with Gasteiger partial charge in [-0.15, -0.1) is 0 Å². The summed E-state index contributed by atoms with van der Waals surface area (Å²) in [6.45, 7) is 10.8. The molecule has 6 nitrogen and oxygen atoms in total. The molecule has 0 heterocycles. The monoisotopic (exact) mass is 552 g/mol. The van der Waals surface area contributed by atoms with Crippen molar-refractivity contribution < 1.29 is 28.9 Å². The van der Waals surface area contributed by atoms with Crippen LogP contribution in [0.25, 0.3) is 6.08 Å². The lowest BCUT2D eigenvalue weighted by Gasteiger charge is -2.38. The zero-order valence-corrected chi connectivity index (χ0v) is 25.2. The molecule has 0 spiro atoms. The third-order valence-corrected chi connectivity index (χ3v) is 7.14. The molecule has 0 aromatic heterocycles. The van der Waals surface area contributed by atoms with Gasteiger partial charge in [-0.2, -0.15) is 0 Å². The minimum atomic E-state index is -0.423. The summed E-state index contributed by atoms with van der Waals surface area (Å²) in [5.41, 5.74) is 1.41. The van der Waals surface area contributed by atoms with E-state index < -0.39 is 5.97 Å². The van der Waals surface area contributed by atoms with E-state index in [1.807, 2.05) is 24.3 Å². The minimum absolute atomic E-state index is 0.0179. The highest BCUT2D eigenvalue weighted by Crippen LogP contribution is 2.40. The molecule has 3 atom stereocenters. The molecule has 0 bridgehead atoms. The maximum Gasteiger partial charge on any atom is 0.342 e. The van der Waals surface area contributed by atoms with Crippen LogP contribution in [0.5, 0.6) is 11.5 Å². The molecular formula is C34H48O6. The topological polar surface area (TPSA) is 82.1 Å². The van der Waals surface area contributed by atoms with E-state index in [9.17, 15) is 14.7 Å². The smallest absolute Gasteiger partial charge is 0.342 e. The molecule has 0 amide bonds. The van der Waals surface area contributed by atoms with E-state index in [0.29, 0.717) is 5.92 Å². The van der Waals surface area contributed by atoms with Crippen LogP contribution >= 0.6 is 0 Å². The number of aromatic hydroxyl groups is 1. The highest BCUT2D eigenvalue weighted by atomic mass is 16.5. The molecule has 1 aliphatic rings. The summed E-state index contributed by atoms with van der Waals surface area (Å²) in [5, 5.41) is 9.66. The summed E-state index contributed by atoms with van der Waals surface area (Å²) in [4.78, 5) is 23.9. The van der Waals surface area contributed by atoms with Gasteiger partial charge in [0.05, 0.1) is 7.11 Å². The van der Waals surface area contributed by atoms with Gasteiger partial charge < -0.3 is 19.3 Å². The van der Waals surface area contributed by atoms with E-state index >= 15 is 0 Å². The summed E-state index contributed by atoms with van der Waals surface area (Å²) in [7, 11) is 1.63. The molecule has 40 heavy (non-hydrogen) atoms. The van der Waals surface area contributed by atoms with Crippen LogP contribution in [-0.4, -0.2) is 36.4 Å². The summed E-state index contributed by atoms with van der Waals surface area (Å²) >= 11 is 0. The van der Waals surface area contributed by atoms with Crippen LogP contribution in [0.1, 0.15) is 102 Å². The Labute approximate surface area is 240 Å². The lowest BCUT2D eigenvalue weighted by molar-refractivity contribution is -0.143. The number of carbonyl (C=O) groups excluding carboxylic acids is 2. The Balaban J connectivity index is 0.000000281. The number of phenolic OH excluding ortho intramolecular Hbond substituents is 1. The van der Waals surface area contributed by atoms with Gasteiger partial charge in [-0.25, -0.2) is 9.59 Å². The summed E-state index contributed by atoms with van der Waals surface area (Å²) in [6, 6.07) is 14.1. The van der Waals surface area contributed by atoms with E-state index in [2.05, 4.69) is 34.6 Å². The summed E-state index contributed by atoms with van der Waals surface area (Å²) < 4.78 is 16.1. The SMILES string of the molecule is CC1CC(OC(=O)c2ccccc2O)CC(C)(C)C1.CCCCCC(CC)OC(=O)C=Cc1ccc(OC)cc1. The zero-order valence-electron chi connectivity index (χ0n) is 25.2. The number of carbonyl (C=O) groups is 2. The van der Waals surface area contributed by atoms with Crippen LogP contribution in [0.3, 0.4) is 0 Å². The van der Waals surface area contributed by atoms with Crippen LogP contribution in [0.4, 0.5) is 0 Å². The van der Waals surface area contributed by atoms with Gasteiger partial charge in [-0.05, 0) is 85.8 Å². The molecule has 0 radical (unpaired) electrons. The Kier molecular flexibility index (Phi) is 13.8. The number of hydrogen-bond donors (Lipinski definition) is 1. The third kappa shape index (κ3) is 11.8. The van der Waals surface area contributed by atoms with E-state index in [-0.39, 0.29) is 34.9 Å². The number of para-hydroxylation sites is 1. The first-order valence-electron chi connectivity index (χ1n) is 14.6. The average molecular weight is 553 g/mol. The first-order valence-corrected chi connectivity index (χ1v) is 14.6. The van der Waals surface area contributed by atoms with Gasteiger partial charge in [0.1, 0.15) is 29.3 Å². The molecule has 1 aliphatic carbocycles. The number of ether oxygens (including phenoxy) is 3. The first kappa shape index (κ1) is 32.9. The summed E-state index contributed by atoms with van der Waals surface area (Å²) in [5.74, 6) is 0.653. The molecule has 0 aliphatic heterocycles. The van der Waals surface area contributed by atoms with E-state index in [1.165, 1.54) is 25.0 Å². The molecule has 3 rings (SSSR count). The Morgan fingerprint density at radius 3 is 2.35 bits per heavy atom. The van der Waals surface area contributed by atoms with Crippen LogP contribution < -0.4 is 4.74 Å². The third-order valence-electron chi connectivity index (χ3n) is 7.14. The maximum atomic E-state index is 12.1. The van der Waals surface area contributed by atoms with Crippen LogP contribution in [0.15, 0.2) is 54.6 Å². The Morgan fingerprint density at radius 1 is 1.05 bits per heavy atom. The molecule has 2 aromatic carbocycles. The zero-order chi connectivity index (χ0) is 29.5. The second-order valence-corrected chi connectivity index (χ2v) is 11.5. The largest absolute Gasteiger partial charge is 0.507 e. The van der Waals surface area contributed by atoms with Crippen molar-refractivity contribution in [1.29, 1.82) is 0 Å². The van der Waals surface area contributed by atoms with E-state index in [1.54, 1.807) is 31.4 Å². The quantitative estimate of drug-likeness (QED) is 0.171. The van der Waals surface area contributed by atoms with Crippen molar-refractivity contribution in [2.45, 2.75) is 98.2 Å². The fraction of sp³-hybridized carbons (Fsp3) is 0.529. The van der Waals surface area contributed by atoms with Crippen molar-refractivity contribution in [3.63, 3.8) is 0 Å². The lowest BCUT2D eigenvalue weighted by Crippen LogP contribution is -2.34. The highest BCUT2D eigenvalue weighted by Gasteiger charge is 2.34. The number of rotatable bonds is 11. The fourth-order valence-corrected chi connectivity index (χ4v) is 5.26. The van der Waals surface area contributed by atoms with Crippen molar-refractivity contribution in [3.8, 4) is 11.5 Å². The summed E-state index contributed by atoms with van der Waals surface area (Å²) in [6.07, 6.45) is 11.5. The molecule has 3 unspecified atom stereocenters. The molecule has 6 heteroatoms. The highest BCUT2D eigenvalue weighted by molar-refractivity contribution is 5.92. The predicted molar refractivity (Wildman–Crippen MR) is 160 cm³/mol. The Morgan fingerprint density at radius 2 is 1.75 bits per heavy atom. The van der Waals surface area contributed by atoms with Gasteiger partial charge in [-0.1, -0.05) is 71.7 Å². The molecule has 2 aromatic rings. The van der Waals surface area contributed by atoms with Gasteiger partial charge in [-0.3, -0.25) is 0 Å². The van der Waals surface area contributed by atoms with E-state index in [4.69, 9.17) is 14.2 Å². The second kappa shape index (κ2) is 16.7. The predicted octanol–water partition coefficient (Wildman–Crippen LogP) is 8.37. The van der Waals surface area contributed by atoms with Crippen molar-refractivity contribution in [2.24, 2.45) is 11.3 Å². The molecular weight excluding hydrogens is 504 g/mol. The molecule has 220 valence electrons. The number of hydrogen-bond acceptors (Lipinski definition) is 6. The average Bonchev–Trinajstić information content (AvgIpc) is 2.91. The number of methoxy groups -OCH3 is 1. The minimum Gasteiger partial charge on any atom is -0.507 e. The van der Waals surface area contributed by atoms with Gasteiger partial charge in [0, 0.05) is 6.08 Å². The Bertz CT molecular complexity index is 1070. The first-order chi connectivity index (χ1) is 19.1. The van der Waals surface area contributed by atoms with Crippen molar-refractivity contribution in [2.75, 3.05) is 7.11 Å². The Hall–Kier alpha value is -3.28. The van der Waals surface area contributed by atoms with E-state index in [0.717, 1.165) is 49.8 Å². The van der Waals surface area contributed by atoms with Crippen molar-refractivity contribution in [3.05, 3.63) is 65.7 Å². The lowest BCUT2D eigenvalue weighted by atomic mass is 9.71. The number of benzene rings is 2. The fourth-order valence-electron chi connectivity index (χ4n) is 5.26. The van der Waals surface area contributed by atoms with Crippen molar-refractivity contribution in [1.82, 2.24) is 0 Å². The normalized spacial score (nSPS) is 18.8. The molecule has 0 saturated heterocycles. The van der Waals surface area contributed by atoms with Gasteiger partial charge in [0.15, 0.2) is 0 Å². The van der Waals surface area contributed by atoms with Gasteiger partial charge in [0.2, 0.25) is 0 Å². The standard InChI is InChI=1S/C18H26O3.C16H22O3/c1-4-6-7-8-16(5-2)21-18(19)14-11-15-9-12-17(20-3)13-10-15;1-11-8-12(10-16(2,3)9-11)19-15(18)13-6-4-5-7-14(13)17/h9-14,16H,4-8H2,1-3H3;4-7,11-12,17H,8-10H2,1-3H3. The number of esters is 2. The van der Waals surface area contributed by atoms with Crippen LogP contribution in [0, 0.1) is 11.3 Å².